The van der Waals surface area contributed by atoms with E-state index in [9.17, 15) is 8.42 Å². The molecular formula is C12H21NO8S. The van der Waals surface area contributed by atoms with E-state index >= 15 is 0 Å². The molecule has 3 fully saturated rings. The van der Waals surface area contributed by atoms with E-state index in [0.717, 1.165) is 0 Å². The molecule has 128 valence electrons. The highest BCUT2D eigenvalue weighted by atomic mass is 32.2. The Balaban J connectivity index is 1.87. The number of nitrogens with two attached hydrogens (primary N) is 1. The Morgan fingerprint density at radius 2 is 1.82 bits per heavy atom. The SMILES string of the molecule is CC1(C)OC2CO[C@@]3(COS(N)(=O)=O)OC(C)(C)O[C@H]3C2O1. The third-order valence-corrected chi connectivity index (χ3v) is 4.15. The van der Waals surface area contributed by atoms with Crippen LogP contribution in [0.2, 0.25) is 0 Å². The summed E-state index contributed by atoms with van der Waals surface area (Å²) in [5.41, 5.74) is 0. The Hall–Kier alpha value is -0.330. The Labute approximate surface area is 129 Å². The lowest BCUT2D eigenvalue weighted by molar-refractivity contribution is -0.290. The van der Waals surface area contributed by atoms with E-state index in [0.29, 0.717) is 0 Å². The van der Waals surface area contributed by atoms with E-state index in [2.05, 4.69) is 0 Å². The highest BCUT2D eigenvalue weighted by Gasteiger charge is 2.65. The molecule has 3 heterocycles. The lowest BCUT2D eigenvalue weighted by Gasteiger charge is -2.40. The first kappa shape index (κ1) is 16.5. The van der Waals surface area contributed by atoms with Crippen LogP contribution in [0.4, 0.5) is 0 Å². The largest absolute Gasteiger partial charge is 0.343 e. The van der Waals surface area contributed by atoms with Gasteiger partial charge in [-0.15, -0.1) is 0 Å². The van der Waals surface area contributed by atoms with Gasteiger partial charge in [0.15, 0.2) is 11.6 Å². The summed E-state index contributed by atoms with van der Waals surface area (Å²) in [5.74, 6) is -3.19. The van der Waals surface area contributed by atoms with Gasteiger partial charge in [0.05, 0.1) is 6.61 Å². The van der Waals surface area contributed by atoms with Gasteiger partial charge < -0.3 is 23.7 Å². The van der Waals surface area contributed by atoms with Gasteiger partial charge in [-0.05, 0) is 27.7 Å². The number of hydrogen-bond acceptors (Lipinski definition) is 8. The lowest BCUT2D eigenvalue weighted by atomic mass is 9.98. The Morgan fingerprint density at radius 3 is 2.45 bits per heavy atom. The molecule has 2 unspecified atom stereocenters. The number of ether oxygens (including phenoxy) is 5. The monoisotopic (exact) mass is 339 g/mol. The molecule has 0 aromatic carbocycles. The Morgan fingerprint density at radius 1 is 1.14 bits per heavy atom. The van der Waals surface area contributed by atoms with Crippen LogP contribution in [-0.2, 0) is 38.2 Å². The molecule has 2 N–H and O–H groups in total. The molecule has 0 aromatic rings. The van der Waals surface area contributed by atoms with Gasteiger partial charge in [-0.2, -0.15) is 8.42 Å². The molecule has 22 heavy (non-hydrogen) atoms. The average Bonchev–Trinajstić information content (AvgIpc) is 2.78. The fraction of sp³-hybridized carbons (Fsp3) is 1.00. The zero-order valence-electron chi connectivity index (χ0n) is 12.9. The second-order valence-electron chi connectivity index (χ2n) is 6.56. The quantitative estimate of drug-likeness (QED) is 0.739. The van der Waals surface area contributed by atoms with Gasteiger partial charge >= 0.3 is 10.3 Å². The van der Waals surface area contributed by atoms with Crippen molar-refractivity contribution in [3.63, 3.8) is 0 Å². The van der Waals surface area contributed by atoms with E-state index in [1.54, 1.807) is 27.7 Å². The van der Waals surface area contributed by atoms with Crippen LogP contribution in [0.15, 0.2) is 0 Å². The summed E-state index contributed by atoms with van der Waals surface area (Å²) in [7, 11) is -4.14. The van der Waals surface area contributed by atoms with Crippen LogP contribution in [0.25, 0.3) is 0 Å². The van der Waals surface area contributed by atoms with Crippen molar-refractivity contribution in [1.82, 2.24) is 0 Å². The Bertz CT molecular complexity index is 561. The minimum Gasteiger partial charge on any atom is -0.343 e. The standard InChI is InChI=1S/C12H21NO8S/c1-10(2)18-7-5-16-12(6-17-22(13,14)15)9(8(7)19-10)20-11(3,4)21-12/h7-9H,5-6H2,1-4H3,(H2,13,14,15)/t7?,8?,9-,12-/m0/s1. The fourth-order valence-electron chi connectivity index (χ4n) is 3.11. The van der Waals surface area contributed by atoms with E-state index < -0.39 is 46.5 Å². The van der Waals surface area contributed by atoms with Crippen LogP contribution in [-0.4, -0.2) is 57.3 Å². The van der Waals surface area contributed by atoms with Gasteiger partial charge in [0.25, 0.3) is 0 Å². The van der Waals surface area contributed by atoms with Crippen LogP contribution in [0.3, 0.4) is 0 Å². The molecule has 0 spiro atoms. The van der Waals surface area contributed by atoms with Crippen LogP contribution >= 0.6 is 0 Å². The molecule has 9 nitrogen and oxygen atoms in total. The molecule has 3 rings (SSSR count). The smallest absolute Gasteiger partial charge is 0.333 e. The molecule has 10 heteroatoms. The molecular weight excluding hydrogens is 318 g/mol. The zero-order chi connectivity index (χ0) is 16.4. The molecule has 0 aromatic heterocycles. The van der Waals surface area contributed by atoms with E-state index in [1.165, 1.54) is 0 Å². The van der Waals surface area contributed by atoms with Gasteiger partial charge in [-0.25, -0.2) is 5.14 Å². The van der Waals surface area contributed by atoms with Crippen molar-refractivity contribution in [1.29, 1.82) is 0 Å². The van der Waals surface area contributed by atoms with Crippen LogP contribution < -0.4 is 5.14 Å². The molecule has 3 saturated heterocycles. The zero-order valence-corrected chi connectivity index (χ0v) is 13.7. The average molecular weight is 339 g/mol. The highest BCUT2D eigenvalue weighted by Crippen LogP contribution is 2.47. The summed E-state index contributed by atoms with van der Waals surface area (Å²) in [6.45, 7) is 6.71. The fourth-order valence-corrected chi connectivity index (χ4v) is 3.44. The minimum absolute atomic E-state index is 0.165. The van der Waals surface area contributed by atoms with Crippen molar-refractivity contribution in [2.75, 3.05) is 13.2 Å². The summed E-state index contributed by atoms with van der Waals surface area (Å²) >= 11 is 0. The first-order valence-corrected chi connectivity index (χ1v) is 8.43. The van der Waals surface area contributed by atoms with Crippen molar-refractivity contribution >= 4 is 10.3 Å². The van der Waals surface area contributed by atoms with E-state index in [-0.39, 0.29) is 12.7 Å². The highest BCUT2D eigenvalue weighted by molar-refractivity contribution is 7.84. The molecule has 3 aliphatic heterocycles. The number of fused-ring (bicyclic) bond motifs is 3. The van der Waals surface area contributed by atoms with E-state index in [4.69, 9.17) is 33.0 Å². The summed E-state index contributed by atoms with van der Waals surface area (Å²) in [6, 6.07) is 0. The maximum absolute atomic E-state index is 11.1. The molecule has 0 aliphatic carbocycles. The molecule has 3 aliphatic rings. The Kier molecular flexibility index (Phi) is 3.63. The van der Waals surface area contributed by atoms with Crippen molar-refractivity contribution in [3.05, 3.63) is 0 Å². The van der Waals surface area contributed by atoms with Crippen molar-refractivity contribution < 1.29 is 36.3 Å². The third kappa shape index (κ3) is 3.02. The van der Waals surface area contributed by atoms with E-state index in [1.807, 2.05) is 0 Å². The van der Waals surface area contributed by atoms with Crippen molar-refractivity contribution in [3.8, 4) is 0 Å². The predicted molar refractivity (Wildman–Crippen MR) is 71.6 cm³/mol. The summed E-state index contributed by atoms with van der Waals surface area (Å²) < 4.78 is 55.9. The van der Waals surface area contributed by atoms with Crippen LogP contribution in [0.5, 0.6) is 0 Å². The minimum atomic E-state index is -4.14. The van der Waals surface area contributed by atoms with Crippen molar-refractivity contribution in [2.24, 2.45) is 5.14 Å². The third-order valence-electron chi connectivity index (χ3n) is 3.70. The number of hydrogen-bond donors (Lipinski definition) is 1. The van der Waals surface area contributed by atoms with Gasteiger partial charge in [0.1, 0.15) is 24.9 Å². The summed E-state index contributed by atoms with van der Waals surface area (Å²) in [4.78, 5) is 0. The summed E-state index contributed by atoms with van der Waals surface area (Å²) in [5, 5.41) is 4.89. The molecule has 0 radical (unpaired) electrons. The molecule has 0 saturated carbocycles. The van der Waals surface area contributed by atoms with Crippen molar-refractivity contribution in [2.45, 2.75) is 63.4 Å². The lowest BCUT2D eigenvalue weighted by Crippen LogP contribution is -2.60. The normalized spacial score (nSPS) is 42.9. The first-order valence-electron chi connectivity index (χ1n) is 6.96. The maximum atomic E-state index is 11.1. The van der Waals surface area contributed by atoms with Gasteiger partial charge in [-0.3, -0.25) is 4.18 Å². The van der Waals surface area contributed by atoms with Gasteiger partial charge in [0.2, 0.25) is 5.79 Å². The molecule has 0 bridgehead atoms. The molecule has 4 atom stereocenters. The maximum Gasteiger partial charge on any atom is 0.333 e. The van der Waals surface area contributed by atoms with Crippen LogP contribution in [0.1, 0.15) is 27.7 Å². The second kappa shape index (κ2) is 4.84. The topological polar surface area (TPSA) is 116 Å². The predicted octanol–water partition coefficient (Wildman–Crippen LogP) is -0.395. The van der Waals surface area contributed by atoms with Gasteiger partial charge in [0, 0.05) is 0 Å². The first-order chi connectivity index (χ1) is 9.92. The second-order valence-corrected chi connectivity index (χ2v) is 7.78. The summed E-state index contributed by atoms with van der Waals surface area (Å²) in [6.07, 6.45) is -1.50. The molecule has 0 amide bonds. The number of rotatable bonds is 3. The van der Waals surface area contributed by atoms with Crippen LogP contribution in [0, 0.1) is 0 Å². The van der Waals surface area contributed by atoms with Gasteiger partial charge in [-0.1, -0.05) is 0 Å².